The van der Waals surface area contributed by atoms with Crippen molar-refractivity contribution in [1.29, 1.82) is 0 Å². The van der Waals surface area contributed by atoms with Gasteiger partial charge >= 0.3 is 11.9 Å². The number of carbonyl (C=O) groups is 2. The summed E-state index contributed by atoms with van der Waals surface area (Å²) in [5.41, 5.74) is -4.52. The van der Waals surface area contributed by atoms with Crippen molar-refractivity contribution in [3.8, 4) is 0 Å². The second-order valence-electron chi connectivity index (χ2n) is 12.3. The molecule has 4 aliphatic carbocycles. The minimum atomic E-state index is -1.72. The van der Waals surface area contributed by atoms with E-state index in [-0.39, 0.29) is 19.3 Å². The van der Waals surface area contributed by atoms with E-state index in [1.807, 2.05) is 0 Å². The van der Waals surface area contributed by atoms with E-state index in [1.54, 1.807) is 0 Å². The van der Waals surface area contributed by atoms with Crippen molar-refractivity contribution < 1.29 is 59.5 Å². The Bertz CT molecular complexity index is 1050. The Morgan fingerprint density at radius 1 is 1.19 bits per heavy atom. The van der Waals surface area contributed by atoms with Crippen molar-refractivity contribution >= 4 is 11.9 Å². The maximum absolute atomic E-state index is 13.4. The maximum atomic E-state index is 13.4. The Hall–Kier alpha value is -1.64. The summed E-state index contributed by atoms with van der Waals surface area (Å²) in [6.45, 7) is 4.84. The van der Waals surface area contributed by atoms with Crippen molar-refractivity contribution in [3.63, 3.8) is 0 Å². The highest BCUT2D eigenvalue weighted by atomic mass is 16.7. The summed E-state index contributed by atoms with van der Waals surface area (Å²) < 4.78 is 17.5. The van der Waals surface area contributed by atoms with Gasteiger partial charge in [0.05, 0.1) is 30.3 Å². The molecule has 6 rings (SSSR count). The standard InChI is InChI=1S/C25H34O12/c1-9-5-23-8-24(9,34)4-3-12(23)25-6-10(35-20-16(29)15(28)14(27)11(7-26)36-20)18(30)22(2,21(33)37-25)17(25)13(23)19(31)32/h10-18,20,26-30,34H,1,3-8H2,2H3,(H,31,32)/t10-,11+,12+,13+,14+,15-,16+,17+,18-,20+,22-,23-,24-,25+/m0/s1. The van der Waals surface area contributed by atoms with Crippen LogP contribution in [0.3, 0.4) is 0 Å². The zero-order valence-electron chi connectivity index (χ0n) is 20.4. The summed E-state index contributed by atoms with van der Waals surface area (Å²) in [6, 6.07) is 0. The molecule has 0 aromatic heterocycles. The smallest absolute Gasteiger partial charge is 0.315 e. The van der Waals surface area contributed by atoms with Gasteiger partial charge in [0.15, 0.2) is 6.29 Å². The number of carboxylic acids is 1. The van der Waals surface area contributed by atoms with E-state index in [2.05, 4.69) is 6.58 Å². The SMILES string of the molecule is C=C1C[C@]23C[C@@]1(O)CC[C@H]2[C@@]12C[C@H](O[C@@H]4O[C@H](CO)[C@@H](O)[C@H](O)[C@H]4O)[C@H](O)[C@@](C)(C(=O)O1)[C@H]2[C@@H]3C(=O)O. The molecule has 2 aliphatic heterocycles. The van der Waals surface area contributed by atoms with E-state index in [0.29, 0.717) is 18.4 Å². The second kappa shape index (κ2) is 7.72. The highest BCUT2D eigenvalue weighted by Crippen LogP contribution is 2.78. The van der Waals surface area contributed by atoms with Gasteiger partial charge in [-0.1, -0.05) is 6.58 Å². The van der Waals surface area contributed by atoms with Crippen LogP contribution < -0.4 is 0 Å². The Morgan fingerprint density at radius 2 is 1.89 bits per heavy atom. The Kier molecular flexibility index (Phi) is 5.35. The predicted octanol–water partition coefficient (Wildman–Crippen LogP) is -1.95. The molecule has 6 fully saturated rings. The Balaban J connectivity index is 1.40. The molecule has 0 radical (unpaired) electrons. The van der Waals surface area contributed by atoms with Crippen molar-refractivity contribution in [2.24, 2.45) is 28.6 Å². The van der Waals surface area contributed by atoms with Crippen LogP contribution in [0.15, 0.2) is 12.2 Å². The maximum Gasteiger partial charge on any atom is 0.315 e. The van der Waals surface area contributed by atoms with Crippen molar-refractivity contribution in [2.75, 3.05) is 6.61 Å². The highest BCUT2D eigenvalue weighted by molar-refractivity contribution is 5.85. The molecular formula is C25H34O12. The number of carboxylic acid groups (broad SMARTS) is 1. The molecule has 1 spiro atoms. The molecule has 4 saturated carbocycles. The third kappa shape index (κ3) is 2.90. The van der Waals surface area contributed by atoms with Gasteiger partial charge in [0.25, 0.3) is 0 Å². The molecule has 14 atom stereocenters. The van der Waals surface area contributed by atoms with Gasteiger partial charge in [0, 0.05) is 18.3 Å². The fourth-order valence-corrected chi connectivity index (χ4v) is 9.16. The molecule has 6 aliphatic rings. The fourth-order valence-electron chi connectivity index (χ4n) is 9.16. The van der Waals surface area contributed by atoms with Crippen LogP contribution in [0.25, 0.3) is 0 Å². The monoisotopic (exact) mass is 526 g/mol. The van der Waals surface area contributed by atoms with Gasteiger partial charge in [-0.3, -0.25) is 9.59 Å². The minimum absolute atomic E-state index is 0.0870. The summed E-state index contributed by atoms with van der Waals surface area (Å²) in [4.78, 5) is 26.2. The first-order chi connectivity index (χ1) is 17.3. The average Bonchev–Trinajstić information content (AvgIpc) is 3.26. The third-order valence-electron chi connectivity index (χ3n) is 10.7. The zero-order chi connectivity index (χ0) is 26.9. The summed E-state index contributed by atoms with van der Waals surface area (Å²) in [5.74, 6) is -4.27. The number of ether oxygens (including phenoxy) is 3. The molecule has 2 saturated heterocycles. The van der Waals surface area contributed by atoms with E-state index >= 15 is 0 Å². The number of hydrogen-bond donors (Lipinski definition) is 7. The predicted molar refractivity (Wildman–Crippen MR) is 119 cm³/mol. The number of esters is 1. The van der Waals surface area contributed by atoms with E-state index in [1.165, 1.54) is 6.92 Å². The summed E-state index contributed by atoms with van der Waals surface area (Å²) in [6.07, 6.45) is -9.40. The largest absolute Gasteiger partial charge is 0.481 e. The van der Waals surface area contributed by atoms with Gasteiger partial charge in [-0.15, -0.1) is 0 Å². The van der Waals surface area contributed by atoms with Crippen LogP contribution in [0.5, 0.6) is 0 Å². The molecule has 206 valence electrons. The van der Waals surface area contributed by atoms with E-state index in [9.17, 15) is 45.3 Å². The number of carbonyl (C=O) groups excluding carboxylic acids is 1. The van der Waals surface area contributed by atoms with Crippen LogP contribution in [0.1, 0.15) is 39.0 Å². The van der Waals surface area contributed by atoms with Gasteiger partial charge in [-0.2, -0.15) is 0 Å². The Morgan fingerprint density at radius 3 is 2.54 bits per heavy atom. The molecule has 0 unspecified atom stereocenters. The van der Waals surface area contributed by atoms with Crippen LogP contribution in [0.4, 0.5) is 0 Å². The number of aliphatic carboxylic acids is 1. The molecule has 0 aromatic rings. The molecule has 7 N–H and O–H groups in total. The average molecular weight is 527 g/mol. The van der Waals surface area contributed by atoms with E-state index in [0.717, 1.165) is 0 Å². The van der Waals surface area contributed by atoms with Crippen molar-refractivity contribution in [2.45, 2.75) is 93.1 Å². The van der Waals surface area contributed by atoms with E-state index < -0.39 is 101 Å². The molecular weight excluding hydrogens is 492 g/mol. The van der Waals surface area contributed by atoms with E-state index in [4.69, 9.17) is 14.2 Å². The number of aliphatic hydroxyl groups is 6. The first-order valence-corrected chi connectivity index (χ1v) is 12.8. The lowest BCUT2D eigenvalue weighted by Crippen LogP contribution is -2.63. The first kappa shape index (κ1) is 25.6. The van der Waals surface area contributed by atoms with Gasteiger partial charge in [0.2, 0.25) is 0 Å². The lowest BCUT2D eigenvalue weighted by molar-refractivity contribution is -0.326. The number of hydrogen-bond acceptors (Lipinski definition) is 11. The van der Waals surface area contributed by atoms with Crippen LogP contribution in [0, 0.1) is 28.6 Å². The summed E-state index contributed by atoms with van der Waals surface area (Å²) in [5, 5.41) is 73.5. The van der Waals surface area contributed by atoms with Crippen LogP contribution in [0.2, 0.25) is 0 Å². The number of aliphatic hydroxyl groups excluding tert-OH is 5. The fraction of sp³-hybridized carbons (Fsp3) is 0.840. The van der Waals surface area contributed by atoms with Gasteiger partial charge < -0.3 is 50.0 Å². The quantitative estimate of drug-likeness (QED) is 0.158. The minimum Gasteiger partial charge on any atom is -0.481 e. The molecule has 12 nitrogen and oxygen atoms in total. The van der Waals surface area contributed by atoms with Crippen molar-refractivity contribution in [1.82, 2.24) is 0 Å². The normalized spacial score (nSPS) is 58.1. The Labute approximate surface area is 212 Å². The lowest BCUT2D eigenvalue weighted by atomic mass is 9.58. The molecule has 0 amide bonds. The molecule has 0 aromatic carbocycles. The summed E-state index contributed by atoms with van der Waals surface area (Å²) >= 11 is 0. The summed E-state index contributed by atoms with van der Waals surface area (Å²) in [7, 11) is 0. The number of rotatable bonds is 4. The third-order valence-corrected chi connectivity index (χ3v) is 10.7. The van der Waals surface area contributed by atoms with Crippen LogP contribution in [-0.2, 0) is 23.8 Å². The lowest BCUT2D eigenvalue weighted by Gasteiger charge is -2.49. The second-order valence-corrected chi connectivity index (χ2v) is 12.3. The van der Waals surface area contributed by atoms with Gasteiger partial charge in [-0.25, -0.2) is 0 Å². The topological polar surface area (TPSA) is 203 Å². The van der Waals surface area contributed by atoms with Crippen LogP contribution in [-0.4, -0.2) is 108 Å². The van der Waals surface area contributed by atoms with Gasteiger partial charge in [-0.05, 0) is 43.6 Å². The first-order valence-electron chi connectivity index (χ1n) is 12.8. The highest BCUT2D eigenvalue weighted by Gasteiger charge is 2.85. The van der Waals surface area contributed by atoms with Crippen molar-refractivity contribution in [3.05, 3.63) is 12.2 Å². The number of fused-ring (bicyclic) bond motifs is 1. The van der Waals surface area contributed by atoms with Gasteiger partial charge in [0.1, 0.15) is 35.4 Å². The molecule has 4 bridgehead atoms. The van der Waals surface area contributed by atoms with Crippen LogP contribution >= 0.6 is 0 Å². The molecule has 37 heavy (non-hydrogen) atoms. The zero-order valence-corrected chi connectivity index (χ0v) is 20.4. The molecule has 2 heterocycles. The molecule has 12 heteroatoms.